The lowest BCUT2D eigenvalue weighted by atomic mass is 10.0. The lowest BCUT2D eigenvalue weighted by Crippen LogP contribution is -2.32. The molecule has 26 heavy (non-hydrogen) atoms. The van der Waals surface area contributed by atoms with E-state index in [1.165, 1.54) is 5.56 Å². The molecule has 0 fully saturated rings. The molecule has 0 bridgehead atoms. The molecule has 0 aliphatic carbocycles. The molecule has 7 nitrogen and oxygen atoms in total. The summed E-state index contributed by atoms with van der Waals surface area (Å²) in [5, 5.41) is 21.8. The first-order valence-corrected chi connectivity index (χ1v) is 8.53. The van der Waals surface area contributed by atoms with Gasteiger partial charge in [-0.15, -0.1) is 10.2 Å². The Balaban J connectivity index is 1.69. The fraction of sp³-hybridized carbons (Fsp3) is 0.316. The summed E-state index contributed by atoms with van der Waals surface area (Å²) in [5.74, 6) is 0.845. The highest BCUT2D eigenvalue weighted by atomic mass is 15.3. The molecule has 0 N–H and O–H groups in total. The van der Waals surface area contributed by atoms with Crippen molar-refractivity contribution >= 4 is 5.82 Å². The van der Waals surface area contributed by atoms with E-state index in [1.54, 1.807) is 6.20 Å². The normalized spacial score (nSPS) is 13.4. The van der Waals surface area contributed by atoms with E-state index in [1.807, 2.05) is 37.8 Å². The molecule has 0 radical (unpaired) electrons. The molecule has 0 saturated carbocycles. The summed E-state index contributed by atoms with van der Waals surface area (Å²) in [5.41, 5.74) is 6.72. The SMILES string of the molecule is Cc1c(C#N)nnc(N2CCc3ncc(-c4ccnn4C)cc3C2)c1C. The molecule has 1 aliphatic heterocycles. The monoisotopic (exact) mass is 345 g/mol. The number of aryl methyl sites for hydroxylation is 1. The number of nitrogens with zero attached hydrogens (tertiary/aromatic N) is 7. The summed E-state index contributed by atoms with van der Waals surface area (Å²) in [4.78, 5) is 6.88. The zero-order valence-corrected chi connectivity index (χ0v) is 15.1. The van der Waals surface area contributed by atoms with Gasteiger partial charge in [0.2, 0.25) is 0 Å². The van der Waals surface area contributed by atoms with Crippen molar-refractivity contribution in [3.63, 3.8) is 0 Å². The van der Waals surface area contributed by atoms with Gasteiger partial charge in [0.05, 0.1) is 5.69 Å². The Morgan fingerprint density at radius 2 is 2.04 bits per heavy atom. The Morgan fingerprint density at radius 3 is 2.77 bits per heavy atom. The Bertz CT molecular complexity index is 1030. The van der Waals surface area contributed by atoms with Crippen molar-refractivity contribution in [1.82, 2.24) is 25.0 Å². The molecule has 0 amide bonds. The van der Waals surface area contributed by atoms with Crippen LogP contribution in [0.5, 0.6) is 0 Å². The van der Waals surface area contributed by atoms with Crippen molar-refractivity contribution in [2.24, 2.45) is 7.05 Å². The second-order valence-electron chi connectivity index (χ2n) is 6.58. The van der Waals surface area contributed by atoms with Crippen molar-refractivity contribution in [2.45, 2.75) is 26.8 Å². The van der Waals surface area contributed by atoms with Crippen LogP contribution >= 0.6 is 0 Å². The second kappa shape index (κ2) is 6.23. The fourth-order valence-electron chi connectivity index (χ4n) is 3.40. The summed E-state index contributed by atoms with van der Waals surface area (Å²) in [6.45, 7) is 5.49. The number of hydrogen-bond donors (Lipinski definition) is 0. The van der Waals surface area contributed by atoms with E-state index in [9.17, 15) is 0 Å². The molecule has 0 saturated heterocycles. The van der Waals surface area contributed by atoms with E-state index in [4.69, 9.17) is 5.26 Å². The van der Waals surface area contributed by atoms with E-state index in [-0.39, 0.29) is 0 Å². The average molecular weight is 345 g/mol. The topological polar surface area (TPSA) is 83.5 Å². The quantitative estimate of drug-likeness (QED) is 0.709. The zero-order valence-electron chi connectivity index (χ0n) is 15.1. The maximum Gasteiger partial charge on any atom is 0.166 e. The molecule has 7 heteroatoms. The van der Waals surface area contributed by atoms with Crippen LogP contribution < -0.4 is 4.90 Å². The van der Waals surface area contributed by atoms with Gasteiger partial charge in [-0.05, 0) is 42.7 Å². The third-order valence-electron chi connectivity index (χ3n) is 5.06. The molecular formula is C19H19N7. The van der Waals surface area contributed by atoms with E-state index in [0.29, 0.717) is 5.69 Å². The Morgan fingerprint density at radius 1 is 1.19 bits per heavy atom. The van der Waals surface area contributed by atoms with Gasteiger partial charge in [0.15, 0.2) is 11.5 Å². The Labute approximate surface area is 151 Å². The maximum absolute atomic E-state index is 9.14. The summed E-state index contributed by atoms with van der Waals surface area (Å²) in [7, 11) is 1.93. The van der Waals surface area contributed by atoms with Crippen LogP contribution in [0.15, 0.2) is 24.5 Å². The highest BCUT2D eigenvalue weighted by Gasteiger charge is 2.22. The molecule has 0 spiro atoms. The molecule has 0 aromatic carbocycles. The second-order valence-corrected chi connectivity index (χ2v) is 6.58. The van der Waals surface area contributed by atoms with Crippen LogP contribution in [-0.4, -0.2) is 31.5 Å². The van der Waals surface area contributed by atoms with Gasteiger partial charge in [0, 0.05) is 50.2 Å². The smallest absolute Gasteiger partial charge is 0.166 e. The van der Waals surface area contributed by atoms with Crippen LogP contribution in [0.2, 0.25) is 0 Å². The number of fused-ring (bicyclic) bond motifs is 1. The van der Waals surface area contributed by atoms with E-state index < -0.39 is 0 Å². The predicted molar refractivity (Wildman–Crippen MR) is 97.4 cm³/mol. The van der Waals surface area contributed by atoms with Crippen LogP contribution in [-0.2, 0) is 20.0 Å². The molecule has 0 unspecified atom stereocenters. The molecule has 0 atom stereocenters. The lowest BCUT2D eigenvalue weighted by Gasteiger charge is -2.30. The minimum absolute atomic E-state index is 0.392. The Hall–Kier alpha value is -3.27. The number of anilines is 1. The third-order valence-corrected chi connectivity index (χ3v) is 5.06. The number of nitriles is 1. The molecule has 3 aromatic heterocycles. The van der Waals surface area contributed by atoms with Crippen LogP contribution in [0.4, 0.5) is 5.82 Å². The maximum atomic E-state index is 9.14. The van der Waals surface area contributed by atoms with Gasteiger partial charge in [0.25, 0.3) is 0 Å². The zero-order chi connectivity index (χ0) is 18.3. The van der Waals surface area contributed by atoms with Crippen LogP contribution in [0.3, 0.4) is 0 Å². The van der Waals surface area contributed by atoms with Crippen molar-refractivity contribution in [3.8, 4) is 17.3 Å². The van der Waals surface area contributed by atoms with Crippen molar-refractivity contribution in [1.29, 1.82) is 5.26 Å². The van der Waals surface area contributed by atoms with Crippen molar-refractivity contribution in [2.75, 3.05) is 11.4 Å². The molecule has 4 rings (SSSR count). The van der Waals surface area contributed by atoms with Gasteiger partial charge in [-0.25, -0.2) is 0 Å². The van der Waals surface area contributed by atoms with E-state index in [2.05, 4.69) is 37.3 Å². The minimum Gasteiger partial charge on any atom is -0.350 e. The first-order chi connectivity index (χ1) is 12.6. The number of rotatable bonds is 2. The summed E-state index contributed by atoms with van der Waals surface area (Å²) in [6.07, 6.45) is 4.57. The molecule has 130 valence electrons. The standard InChI is InChI=1S/C19H19N7/c1-12-13(2)19(24-23-17(12)9-20)26-7-5-16-15(11-26)8-14(10-21-16)18-4-6-22-25(18)3/h4,6,8,10H,5,7,11H2,1-3H3. The first-order valence-electron chi connectivity index (χ1n) is 8.53. The van der Waals surface area contributed by atoms with Crippen molar-refractivity contribution < 1.29 is 0 Å². The minimum atomic E-state index is 0.392. The number of hydrogen-bond acceptors (Lipinski definition) is 6. The lowest BCUT2D eigenvalue weighted by molar-refractivity contribution is 0.691. The first kappa shape index (κ1) is 16.2. The van der Waals surface area contributed by atoms with Gasteiger partial charge in [-0.3, -0.25) is 9.67 Å². The number of pyridine rings is 1. The van der Waals surface area contributed by atoms with Crippen molar-refractivity contribution in [3.05, 3.63) is 52.6 Å². The third kappa shape index (κ3) is 2.60. The van der Waals surface area contributed by atoms with Crippen LogP contribution in [0, 0.1) is 25.2 Å². The molecule has 1 aliphatic rings. The molecule has 3 aromatic rings. The Kier molecular flexibility index (Phi) is 3.88. The summed E-state index contributed by atoms with van der Waals surface area (Å²) < 4.78 is 1.85. The highest BCUT2D eigenvalue weighted by Crippen LogP contribution is 2.28. The molecular weight excluding hydrogens is 326 g/mol. The summed E-state index contributed by atoms with van der Waals surface area (Å²) >= 11 is 0. The predicted octanol–water partition coefficient (Wildman–Crippen LogP) is 2.32. The van der Waals surface area contributed by atoms with Gasteiger partial charge in [0.1, 0.15) is 6.07 Å². The van der Waals surface area contributed by atoms with Gasteiger partial charge >= 0.3 is 0 Å². The average Bonchev–Trinajstić information content (AvgIpc) is 3.09. The van der Waals surface area contributed by atoms with Gasteiger partial charge < -0.3 is 4.90 Å². The van der Waals surface area contributed by atoms with Crippen LogP contribution in [0.25, 0.3) is 11.3 Å². The number of aromatic nitrogens is 5. The van der Waals surface area contributed by atoms with E-state index >= 15 is 0 Å². The van der Waals surface area contributed by atoms with Crippen LogP contribution in [0.1, 0.15) is 28.1 Å². The highest BCUT2D eigenvalue weighted by molar-refractivity contribution is 5.61. The molecule has 4 heterocycles. The van der Waals surface area contributed by atoms with E-state index in [0.717, 1.165) is 53.4 Å². The largest absolute Gasteiger partial charge is 0.350 e. The summed E-state index contributed by atoms with van der Waals surface area (Å²) in [6, 6.07) is 6.27. The van der Waals surface area contributed by atoms with Gasteiger partial charge in [-0.1, -0.05) is 0 Å². The van der Waals surface area contributed by atoms with Gasteiger partial charge in [-0.2, -0.15) is 10.4 Å². The fourth-order valence-corrected chi connectivity index (χ4v) is 3.40.